The van der Waals surface area contributed by atoms with Crippen LogP contribution < -0.4 is 0 Å². The van der Waals surface area contributed by atoms with Crippen molar-refractivity contribution in [2.75, 3.05) is 13.1 Å². The fraction of sp³-hybridized carbons (Fsp3) is 0.926. The molecule has 0 amide bonds. The monoisotopic (exact) mass is 406 g/mol. The molecule has 0 N–H and O–H groups in total. The Morgan fingerprint density at radius 2 is 0.793 bits per heavy atom. The zero-order valence-electron chi connectivity index (χ0n) is 20.5. The van der Waals surface area contributed by atoms with E-state index in [9.17, 15) is 0 Å². The van der Waals surface area contributed by atoms with Crippen LogP contribution in [0.1, 0.15) is 143 Å². The molecular formula is C27H54N2. The second-order valence-corrected chi connectivity index (χ2v) is 9.35. The topological polar surface area (TPSA) is 6.48 Å². The van der Waals surface area contributed by atoms with E-state index in [2.05, 4.69) is 43.0 Å². The molecule has 1 atom stereocenters. The molecule has 0 aliphatic carbocycles. The zero-order valence-corrected chi connectivity index (χ0v) is 20.5. The Bertz CT molecular complexity index is 366. The molecule has 0 radical (unpaired) electrons. The third kappa shape index (κ3) is 13.3. The SMILES string of the molecule is CCCCCCCCCCCCCN1C=CN(CCCCCC)C1CCCCC. The molecule has 1 aliphatic heterocycles. The highest BCUT2D eigenvalue weighted by molar-refractivity contribution is 4.96. The van der Waals surface area contributed by atoms with Crippen LogP contribution in [0, 0.1) is 0 Å². The largest absolute Gasteiger partial charge is 0.356 e. The third-order valence-electron chi connectivity index (χ3n) is 6.57. The Morgan fingerprint density at radius 1 is 0.448 bits per heavy atom. The van der Waals surface area contributed by atoms with Crippen molar-refractivity contribution in [3.05, 3.63) is 12.4 Å². The van der Waals surface area contributed by atoms with Crippen LogP contribution in [0.4, 0.5) is 0 Å². The molecule has 172 valence electrons. The Kier molecular flexibility index (Phi) is 17.6. The lowest BCUT2D eigenvalue weighted by atomic mass is 10.1. The number of unbranched alkanes of at least 4 members (excludes halogenated alkanes) is 15. The van der Waals surface area contributed by atoms with Crippen molar-refractivity contribution in [1.82, 2.24) is 9.80 Å². The number of rotatable bonds is 21. The summed E-state index contributed by atoms with van der Waals surface area (Å²) in [6.07, 6.45) is 32.1. The Balaban J connectivity index is 2.14. The maximum absolute atomic E-state index is 2.66. The van der Waals surface area contributed by atoms with E-state index in [1.165, 1.54) is 135 Å². The normalized spacial score (nSPS) is 16.3. The van der Waals surface area contributed by atoms with Gasteiger partial charge in [0.1, 0.15) is 6.17 Å². The molecule has 0 saturated heterocycles. The molecule has 0 spiro atoms. The van der Waals surface area contributed by atoms with E-state index in [-0.39, 0.29) is 0 Å². The van der Waals surface area contributed by atoms with Crippen LogP contribution in [0.25, 0.3) is 0 Å². The minimum atomic E-state index is 0.645. The molecule has 0 aromatic heterocycles. The first-order valence-electron chi connectivity index (χ1n) is 13.5. The summed E-state index contributed by atoms with van der Waals surface area (Å²) in [4.78, 5) is 5.30. The van der Waals surface area contributed by atoms with Crippen LogP contribution in [0.3, 0.4) is 0 Å². The van der Waals surface area contributed by atoms with E-state index in [0.29, 0.717) is 6.17 Å². The van der Waals surface area contributed by atoms with Crippen LogP contribution in [0.5, 0.6) is 0 Å². The Hall–Kier alpha value is -0.660. The number of hydrogen-bond acceptors (Lipinski definition) is 2. The number of hydrogen-bond donors (Lipinski definition) is 0. The second-order valence-electron chi connectivity index (χ2n) is 9.35. The highest BCUT2D eigenvalue weighted by Crippen LogP contribution is 2.23. The van der Waals surface area contributed by atoms with Crippen LogP contribution >= 0.6 is 0 Å². The van der Waals surface area contributed by atoms with Crippen molar-refractivity contribution in [3.63, 3.8) is 0 Å². The van der Waals surface area contributed by atoms with E-state index in [1.54, 1.807) is 0 Å². The lowest BCUT2D eigenvalue weighted by Gasteiger charge is -2.33. The van der Waals surface area contributed by atoms with Gasteiger partial charge in [0.2, 0.25) is 0 Å². The molecule has 0 aromatic rings. The predicted molar refractivity (Wildman–Crippen MR) is 131 cm³/mol. The fourth-order valence-electron chi connectivity index (χ4n) is 4.60. The summed E-state index contributed by atoms with van der Waals surface area (Å²) < 4.78 is 0. The van der Waals surface area contributed by atoms with E-state index < -0.39 is 0 Å². The van der Waals surface area contributed by atoms with Crippen molar-refractivity contribution in [2.45, 2.75) is 149 Å². The fourth-order valence-corrected chi connectivity index (χ4v) is 4.60. The molecule has 0 fully saturated rings. The van der Waals surface area contributed by atoms with Gasteiger partial charge in [0, 0.05) is 25.5 Å². The lowest BCUT2D eigenvalue weighted by molar-refractivity contribution is 0.136. The summed E-state index contributed by atoms with van der Waals surface area (Å²) in [5.74, 6) is 0. The summed E-state index contributed by atoms with van der Waals surface area (Å²) in [6, 6.07) is 0. The standard InChI is InChI=1S/C27H54N2/c1-4-7-10-12-13-14-15-16-17-18-21-24-29-26-25-28(23-20-11-8-5-2)27(29)22-19-9-6-3/h25-27H,4-24H2,1-3H3. The van der Waals surface area contributed by atoms with Crippen LogP contribution in [0.2, 0.25) is 0 Å². The van der Waals surface area contributed by atoms with E-state index >= 15 is 0 Å². The quantitative estimate of drug-likeness (QED) is 0.176. The third-order valence-corrected chi connectivity index (χ3v) is 6.57. The van der Waals surface area contributed by atoms with Gasteiger partial charge in [-0.2, -0.15) is 0 Å². The maximum atomic E-state index is 2.66. The Labute approximate surface area is 184 Å². The van der Waals surface area contributed by atoms with Crippen molar-refractivity contribution in [1.29, 1.82) is 0 Å². The van der Waals surface area contributed by atoms with Crippen LogP contribution in [-0.4, -0.2) is 29.1 Å². The Morgan fingerprint density at radius 3 is 1.24 bits per heavy atom. The van der Waals surface area contributed by atoms with Gasteiger partial charge in [0.05, 0.1) is 0 Å². The molecule has 1 aliphatic rings. The smallest absolute Gasteiger partial charge is 0.101 e. The zero-order chi connectivity index (χ0) is 21.0. The molecule has 0 bridgehead atoms. The molecule has 2 heteroatoms. The molecule has 2 nitrogen and oxygen atoms in total. The summed E-state index contributed by atoms with van der Waals surface area (Å²) >= 11 is 0. The van der Waals surface area contributed by atoms with E-state index in [0.717, 1.165) is 0 Å². The first-order chi connectivity index (χ1) is 14.3. The van der Waals surface area contributed by atoms with Crippen molar-refractivity contribution < 1.29 is 0 Å². The first kappa shape index (κ1) is 26.4. The summed E-state index contributed by atoms with van der Waals surface area (Å²) in [5.41, 5.74) is 0. The van der Waals surface area contributed by atoms with Crippen LogP contribution in [-0.2, 0) is 0 Å². The molecule has 0 saturated carbocycles. The maximum Gasteiger partial charge on any atom is 0.101 e. The lowest BCUT2D eigenvalue weighted by Crippen LogP contribution is -2.39. The highest BCUT2D eigenvalue weighted by atomic mass is 15.4. The second kappa shape index (κ2) is 19.3. The predicted octanol–water partition coefficient (Wildman–Crippen LogP) is 8.87. The molecule has 1 heterocycles. The molecule has 1 rings (SSSR count). The van der Waals surface area contributed by atoms with Gasteiger partial charge in [-0.15, -0.1) is 0 Å². The van der Waals surface area contributed by atoms with E-state index in [4.69, 9.17) is 0 Å². The summed E-state index contributed by atoms with van der Waals surface area (Å²) in [6.45, 7) is 9.44. The van der Waals surface area contributed by atoms with Crippen molar-refractivity contribution >= 4 is 0 Å². The van der Waals surface area contributed by atoms with Gasteiger partial charge in [-0.1, -0.05) is 117 Å². The summed E-state index contributed by atoms with van der Waals surface area (Å²) in [7, 11) is 0. The first-order valence-corrected chi connectivity index (χ1v) is 13.5. The van der Waals surface area contributed by atoms with Gasteiger partial charge in [0.15, 0.2) is 0 Å². The average molecular weight is 407 g/mol. The van der Waals surface area contributed by atoms with Gasteiger partial charge in [-0.3, -0.25) is 0 Å². The highest BCUT2D eigenvalue weighted by Gasteiger charge is 2.24. The van der Waals surface area contributed by atoms with Crippen molar-refractivity contribution in [3.8, 4) is 0 Å². The molecule has 29 heavy (non-hydrogen) atoms. The molecule has 1 unspecified atom stereocenters. The van der Waals surface area contributed by atoms with Gasteiger partial charge in [-0.05, 0) is 25.7 Å². The van der Waals surface area contributed by atoms with Crippen LogP contribution in [0.15, 0.2) is 12.4 Å². The minimum absolute atomic E-state index is 0.645. The van der Waals surface area contributed by atoms with Gasteiger partial charge in [0.25, 0.3) is 0 Å². The van der Waals surface area contributed by atoms with Gasteiger partial charge in [-0.25, -0.2) is 0 Å². The minimum Gasteiger partial charge on any atom is -0.356 e. The van der Waals surface area contributed by atoms with Gasteiger partial charge < -0.3 is 9.80 Å². The summed E-state index contributed by atoms with van der Waals surface area (Å²) in [5, 5.41) is 0. The number of nitrogens with zero attached hydrogens (tertiary/aromatic N) is 2. The average Bonchev–Trinajstić information content (AvgIpc) is 3.11. The van der Waals surface area contributed by atoms with Gasteiger partial charge >= 0.3 is 0 Å². The van der Waals surface area contributed by atoms with Crippen molar-refractivity contribution in [2.24, 2.45) is 0 Å². The molecule has 0 aromatic carbocycles. The molecular weight excluding hydrogens is 352 g/mol. The van der Waals surface area contributed by atoms with E-state index in [1.807, 2.05) is 0 Å².